The molecule has 0 aliphatic heterocycles. The van der Waals surface area contributed by atoms with Crippen LogP contribution in [0.3, 0.4) is 0 Å². The van der Waals surface area contributed by atoms with Gasteiger partial charge >= 0.3 is 12.1 Å². The quantitative estimate of drug-likeness (QED) is 0.291. The molecular formula is C12H16N8O2. The fraction of sp³-hybridized carbons (Fsp3) is 0.0833. The third-order valence-electron chi connectivity index (χ3n) is 2.98. The number of benzene rings is 1. The lowest BCUT2D eigenvalue weighted by Gasteiger charge is -2.23. The van der Waals surface area contributed by atoms with E-state index in [0.29, 0.717) is 16.4 Å². The average Bonchev–Trinajstić information content (AvgIpc) is 2.98. The molecule has 22 heavy (non-hydrogen) atoms. The maximum absolute atomic E-state index is 11.3. The average molecular weight is 304 g/mol. The molecule has 0 fully saturated rings. The third-order valence-corrected chi connectivity index (χ3v) is 2.98. The lowest BCUT2D eigenvalue weighted by Crippen LogP contribution is -2.46. The van der Waals surface area contributed by atoms with Gasteiger partial charge in [0.2, 0.25) is 0 Å². The topological polar surface area (TPSA) is 173 Å². The largest absolute Gasteiger partial charge is 0.350 e. The van der Waals surface area contributed by atoms with E-state index in [9.17, 15) is 9.59 Å². The molecule has 1 aromatic carbocycles. The molecule has 0 saturated heterocycles. The summed E-state index contributed by atoms with van der Waals surface area (Å²) in [6.07, 6.45) is 2.18. The van der Waals surface area contributed by atoms with Gasteiger partial charge in [0.15, 0.2) is 0 Å². The Morgan fingerprint density at radius 2 is 1.68 bits per heavy atom. The Bertz CT molecular complexity index is 684. The Kier molecular flexibility index (Phi) is 4.25. The number of aromatic amines is 1. The number of rotatable bonds is 4. The summed E-state index contributed by atoms with van der Waals surface area (Å²) in [7, 11) is 0. The van der Waals surface area contributed by atoms with Gasteiger partial charge in [0.05, 0.1) is 17.1 Å². The molecule has 1 heterocycles. The van der Waals surface area contributed by atoms with Crippen molar-refractivity contribution < 1.29 is 9.59 Å². The Hall–Kier alpha value is -3.11. The molecule has 2 rings (SSSR count). The first-order valence-electron chi connectivity index (χ1n) is 6.20. The second-order valence-electron chi connectivity index (χ2n) is 4.48. The smallest absolute Gasteiger partial charge is 0.333 e. The second kappa shape index (κ2) is 6.11. The summed E-state index contributed by atoms with van der Waals surface area (Å²) >= 11 is 0. The van der Waals surface area contributed by atoms with E-state index in [2.05, 4.69) is 10.2 Å². The number of carbonyl (C=O) groups excluding carboxylic acids is 2. The summed E-state index contributed by atoms with van der Waals surface area (Å²) in [6, 6.07) is 4.81. The lowest BCUT2D eigenvalue weighted by molar-refractivity contribution is 0.252. The summed E-state index contributed by atoms with van der Waals surface area (Å²) in [5.41, 5.74) is 12.2. The number of urea groups is 2. The monoisotopic (exact) mass is 304 g/mol. The van der Waals surface area contributed by atoms with E-state index in [0.717, 1.165) is 11.3 Å². The molecule has 0 saturated carbocycles. The van der Waals surface area contributed by atoms with Gasteiger partial charge in [-0.25, -0.2) is 31.3 Å². The zero-order valence-electron chi connectivity index (χ0n) is 11.6. The van der Waals surface area contributed by atoms with Crippen molar-refractivity contribution in [1.29, 1.82) is 0 Å². The van der Waals surface area contributed by atoms with Crippen molar-refractivity contribution in [1.82, 2.24) is 10.2 Å². The number of aromatic nitrogens is 2. The van der Waals surface area contributed by atoms with Crippen LogP contribution in [0.25, 0.3) is 0 Å². The number of hydrogen-bond donors (Lipinski definition) is 5. The second-order valence-corrected chi connectivity index (χ2v) is 4.48. The first-order chi connectivity index (χ1) is 10.4. The summed E-state index contributed by atoms with van der Waals surface area (Å²) in [4.78, 5) is 22.5. The fourth-order valence-electron chi connectivity index (χ4n) is 1.91. The molecule has 10 nitrogen and oxygen atoms in total. The van der Waals surface area contributed by atoms with Gasteiger partial charge in [0.1, 0.15) is 0 Å². The van der Waals surface area contributed by atoms with Crippen LogP contribution in [-0.4, -0.2) is 22.3 Å². The van der Waals surface area contributed by atoms with Crippen molar-refractivity contribution in [3.8, 4) is 0 Å². The highest BCUT2D eigenvalue weighted by atomic mass is 16.2. The van der Waals surface area contributed by atoms with Crippen LogP contribution in [0.15, 0.2) is 30.5 Å². The Morgan fingerprint density at radius 3 is 2.23 bits per heavy atom. The SMILES string of the molecule is NC(=O)N(N)c1ccc(Cc2cc[nH]n2)cc1N(N)C(N)=O. The van der Waals surface area contributed by atoms with Gasteiger partial charge in [-0.3, -0.25) is 5.10 Å². The van der Waals surface area contributed by atoms with Crippen LogP contribution >= 0.6 is 0 Å². The first-order valence-corrected chi connectivity index (χ1v) is 6.20. The molecule has 0 aliphatic carbocycles. The molecular weight excluding hydrogens is 288 g/mol. The van der Waals surface area contributed by atoms with E-state index < -0.39 is 12.1 Å². The number of anilines is 2. The molecule has 0 aliphatic rings. The van der Waals surface area contributed by atoms with Crippen molar-refractivity contribution >= 4 is 23.4 Å². The molecule has 9 N–H and O–H groups in total. The van der Waals surface area contributed by atoms with Crippen LogP contribution in [0.4, 0.5) is 21.0 Å². The van der Waals surface area contributed by atoms with Gasteiger partial charge in [0, 0.05) is 12.6 Å². The van der Waals surface area contributed by atoms with Gasteiger partial charge in [-0.2, -0.15) is 5.10 Å². The van der Waals surface area contributed by atoms with Crippen LogP contribution in [0.1, 0.15) is 11.3 Å². The number of amides is 4. The fourth-order valence-corrected chi connectivity index (χ4v) is 1.91. The first kappa shape index (κ1) is 15.3. The van der Waals surface area contributed by atoms with Crippen LogP contribution in [0.2, 0.25) is 0 Å². The number of H-pyrrole nitrogens is 1. The summed E-state index contributed by atoms with van der Waals surface area (Å²) in [6.45, 7) is 0. The van der Waals surface area contributed by atoms with Crippen LogP contribution in [-0.2, 0) is 6.42 Å². The van der Waals surface area contributed by atoms with Crippen molar-refractivity contribution in [3.05, 3.63) is 41.7 Å². The van der Waals surface area contributed by atoms with E-state index >= 15 is 0 Å². The minimum atomic E-state index is -0.906. The molecule has 116 valence electrons. The van der Waals surface area contributed by atoms with Gasteiger partial charge < -0.3 is 11.5 Å². The number of hydrazine groups is 2. The minimum Gasteiger partial charge on any atom is -0.350 e. The number of nitrogens with one attached hydrogen (secondary N) is 1. The molecule has 0 radical (unpaired) electrons. The zero-order chi connectivity index (χ0) is 16.3. The van der Waals surface area contributed by atoms with Crippen LogP contribution < -0.4 is 33.2 Å². The van der Waals surface area contributed by atoms with Crippen molar-refractivity contribution in [3.63, 3.8) is 0 Å². The number of primary amides is 2. The highest BCUT2D eigenvalue weighted by molar-refractivity contribution is 5.99. The number of hydrogen-bond acceptors (Lipinski definition) is 5. The highest BCUT2D eigenvalue weighted by Gasteiger charge is 2.19. The van der Waals surface area contributed by atoms with Gasteiger partial charge in [-0.15, -0.1) is 0 Å². The number of nitrogens with zero attached hydrogens (tertiary/aromatic N) is 3. The Balaban J connectivity index is 2.42. The molecule has 1 aromatic heterocycles. The zero-order valence-corrected chi connectivity index (χ0v) is 11.6. The molecule has 0 unspecified atom stereocenters. The molecule has 4 amide bonds. The maximum atomic E-state index is 11.3. The van der Waals surface area contributed by atoms with Crippen LogP contribution in [0.5, 0.6) is 0 Å². The normalized spacial score (nSPS) is 10.3. The summed E-state index contributed by atoms with van der Waals surface area (Å²) in [5.74, 6) is 11.2. The lowest BCUT2D eigenvalue weighted by atomic mass is 10.1. The Morgan fingerprint density at radius 1 is 1.05 bits per heavy atom. The van der Waals surface area contributed by atoms with E-state index in [1.807, 2.05) is 0 Å². The standard InChI is InChI=1S/C12H16N8O2/c13-11(21)19(15)9-2-1-7(5-8-3-4-17-18-8)6-10(9)20(16)12(14)22/h1-4,6H,5,15-16H2,(H2,13,21)(H2,14,22)(H,17,18). The van der Waals surface area contributed by atoms with E-state index in [1.165, 1.54) is 6.07 Å². The van der Waals surface area contributed by atoms with Crippen LogP contribution in [0, 0.1) is 0 Å². The van der Waals surface area contributed by atoms with E-state index in [-0.39, 0.29) is 11.4 Å². The number of nitrogens with two attached hydrogens (primary N) is 4. The minimum absolute atomic E-state index is 0.152. The van der Waals surface area contributed by atoms with E-state index in [4.69, 9.17) is 23.2 Å². The molecule has 2 aromatic rings. The van der Waals surface area contributed by atoms with Gasteiger partial charge in [-0.1, -0.05) is 6.07 Å². The predicted octanol–water partition coefficient (Wildman–Crippen LogP) is -0.482. The molecule has 0 spiro atoms. The van der Waals surface area contributed by atoms with Crippen molar-refractivity contribution in [2.24, 2.45) is 23.2 Å². The molecule has 10 heteroatoms. The molecule has 0 atom stereocenters. The highest BCUT2D eigenvalue weighted by Crippen LogP contribution is 2.28. The predicted molar refractivity (Wildman–Crippen MR) is 80.3 cm³/mol. The van der Waals surface area contributed by atoms with Gasteiger partial charge in [-0.05, 0) is 23.8 Å². The number of carbonyl (C=O) groups is 2. The summed E-state index contributed by atoms with van der Waals surface area (Å²) in [5, 5.41) is 8.10. The summed E-state index contributed by atoms with van der Waals surface area (Å²) < 4.78 is 0. The molecule has 0 bridgehead atoms. The van der Waals surface area contributed by atoms with Crippen molar-refractivity contribution in [2.45, 2.75) is 6.42 Å². The van der Waals surface area contributed by atoms with E-state index in [1.54, 1.807) is 24.4 Å². The Labute approximate surface area is 125 Å². The third kappa shape index (κ3) is 3.13. The maximum Gasteiger partial charge on any atom is 0.333 e. The van der Waals surface area contributed by atoms with Crippen molar-refractivity contribution in [2.75, 3.05) is 10.0 Å². The van der Waals surface area contributed by atoms with Gasteiger partial charge in [0.25, 0.3) is 0 Å².